The Morgan fingerprint density at radius 1 is 0.867 bits per heavy atom. The molecule has 0 aromatic carbocycles. The molecule has 0 saturated carbocycles. The van der Waals surface area contributed by atoms with Crippen molar-refractivity contribution in [2.75, 3.05) is 20.3 Å². The summed E-state index contributed by atoms with van der Waals surface area (Å²) in [6.07, 6.45) is -10.4. The van der Waals surface area contributed by atoms with Crippen molar-refractivity contribution in [3.05, 3.63) is 0 Å². The Bertz CT molecular complexity index is 594. The van der Waals surface area contributed by atoms with Crippen molar-refractivity contribution in [1.82, 2.24) is 10.6 Å². The van der Waals surface area contributed by atoms with E-state index in [4.69, 9.17) is 18.9 Å². The van der Waals surface area contributed by atoms with Gasteiger partial charge in [-0.05, 0) is 0 Å². The molecule has 0 aliphatic carbocycles. The Labute approximate surface area is 172 Å². The SMILES string of the molecule is CO[C@H]1C(O)C(NC(C)=O)C(O[C@@H]2C(CO)O[C@@H](O)[C@@H](NC(C)=O)C2O)O[C@H]1CO. The first kappa shape index (κ1) is 24.8. The zero-order valence-corrected chi connectivity index (χ0v) is 16.9. The van der Waals surface area contributed by atoms with E-state index in [1.807, 2.05) is 0 Å². The van der Waals surface area contributed by atoms with E-state index >= 15 is 0 Å². The number of ether oxygens (including phenoxy) is 4. The molecule has 0 spiro atoms. The predicted molar refractivity (Wildman–Crippen MR) is 96.6 cm³/mol. The van der Waals surface area contributed by atoms with Crippen LogP contribution in [0.2, 0.25) is 0 Å². The summed E-state index contributed by atoms with van der Waals surface area (Å²) in [5.74, 6) is -1.06. The van der Waals surface area contributed by atoms with Gasteiger partial charge in [0.25, 0.3) is 0 Å². The van der Waals surface area contributed by atoms with Gasteiger partial charge in [0, 0.05) is 21.0 Å². The van der Waals surface area contributed by atoms with E-state index in [1.165, 1.54) is 21.0 Å². The normalized spacial score (nSPS) is 41.9. The minimum atomic E-state index is -1.62. The van der Waals surface area contributed by atoms with E-state index in [9.17, 15) is 35.1 Å². The quantitative estimate of drug-likeness (QED) is 0.202. The molecule has 2 saturated heterocycles. The van der Waals surface area contributed by atoms with Gasteiger partial charge in [-0.3, -0.25) is 9.59 Å². The average molecular weight is 438 g/mol. The van der Waals surface area contributed by atoms with Crippen LogP contribution in [0.4, 0.5) is 0 Å². The van der Waals surface area contributed by atoms with E-state index in [0.717, 1.165) is 0 Å². The number of methoxy groups -OCH3 is 1. The minimum absolute atomic E-state index is 0.515. The number of nitrogens with one attached hydrogen (secondary N) is 2. The molecule has 13 heteroatoms. The molecule has 2 aliphatic rings. The lowest BCUT2D eigenvalue weighted by Crippen LogP contribution is -2.69. The van der Waals surface area contributed by atoms with E-state index in [2.05, 4.69) is 10.6 Å². The summed E-state index contributed by atoms with van der Waals surface area (Å²) < 4.78 is 21.8. The maximum atomic E-state index is 11.6. The number of aliphatic hydroxyl groups is 5. The number of carbonyl (C=O) groups excluding carboxylic acids is 2. The van der Waals surface area contributed by atoms with Crippen LogP contribution >= 0.6 is 0 Å². The fraction of sp³-hybridized carbons (Fsp3) is 0.882. The molecule has 13 nitrogen and oxygen atoms in total. The van der Waals surface area contributed by atoms with Crippen molar-refractivity contribution in [2.24, 2.45) is 0 Å². The third-order valence-corrected chi connectivity index (χ3v) is 5.03. The maximum Gasteiger partial charge on any atom is 0.217 e. The van der Waals surface area contributed by atoms with E-state index < -0.39 is 86.3 Å². The molecule has 0 radical (unpaired) electrons. The van der Waals surface area contributed by atoms with Crippen LogP contribution < -0.4 is 10.6 Å². The molecule has 2 amide bonds. The van der Waals surface area contributed by atoms with Crippen LogP contribution in [0.15, 0.2) is 0 Å². The van der Waals surface area contributed by atoms with Crippen LogP contribution in [0.5, 0.6) is 0 Å². The molecule has 0 aromatic heterocycles. The molecule has 174 valence electrons. The van der Waals surface area contributed by atoms with Gasteiger partial charge in [0.1, 0.15) is 48.7 Å². The molecular formula is C17H30N2O11. The van der Waals surface area contributed by atoms with Gasteiger partial charge in [-0.15, -0.1) is 0 Å². The van der Waals surface area contributed by atoms with Crippen molar-refractivity contribution < 1.29 is 54.1 Å². The van der Waals surface area contributed by atoms with Gasteiger partial charge in [-0.25, -0.2) is 0 Å². The number of aliphatic hydroxyl groups excluding tert-OH is 5. The fourth-order valence-electron chi connectivity index (χ4n) is 3.66. The fourth-order valence-corrected chi connectivity index (χ4v) is 3.66. The Morgan fingerprint density at radius 2 is 1.37 bits per heavy atom. The van der Waals surface area contributed by atoms with Crippen molar-refractivity contribution in [3.63, 3.8) is 0 Å². The van der Waals surface area contributed by atoms with Crippen LogP contribution in [-0.4, -0.2) is 119 Å². The summed E-state index contributed by atoms with van der Waals surface area (Å²) in [7, 11) is 1.30. The van der Waals surface area contributed by atoms with Gasteiger partial charge in [-0.1, -0.05) is 0 Å². The first-order valence-electron chi connectivity index (χ1n) is 9.43. The summed E-state index contributed by atoms with van der Waals surface area (Å²) in [5.41, 5.74) is 0. The second kappa shape index (κ2) is 10.7. The summed E-state index contributed by atoms with van der Waals surface area (Å²) in [5, 5.41) is 55.3. The molecule has 2 fully saturated rings. The number of carbonyl (C=O) groups is 2. The number of hydrogen-bond donors (Lipinski definition) is 7. The standard InChI is InChI=1S/C17H30N2O11/c1-6(22)18-10-12(24)15(9(5-21)28-16(10)26)30-17-11(19-7(2)23)13(25)14(27-3)8(4-20)29-17/h8-17,20-21,24-26H,4-5H2,1-3H3,(H,18,22)(H,19,23)/t8-,9?,10-,11?,12?,13?,14+,15+,16+,17?/m0/s1. The van der Waals surface area contributed by atoms with Crippen molar-refractivity contribution in [2.45, 2.75) is 75.1 Å². The molecule has 0 aromatic rings. The second-order valence-electron chi connectivity index (χ2n) is 7.21. The first-order valence-corrected chi connectivity index (χ1v) is 9.43. The van der Waals surface area contributed by atoms with Crippen LogP contribution in [0.3, 0.4) is 0 Å². The smallest absolute Gasteiger partial charge is 0.217 e. The lowest BCUT2D eigenvalue weighted by atomic mass is 9.94. The second-order valence-corrected chi connectivity index (χ2v) is 7.21. The highest BCUT2D eigenvalue weighted by atomic mass is 16.7. The summed E-state index contributed by atoms with van der Waals surface area (Å²) >= 11 is 0. The van der Waals surface area contributed by atoms with Crippen LogP contribution in [0.25, 0.3) is 0 Å². The lowest BCUT2D eigenvalue weighted by Gasteiger charge is -2.47. The highest BCUT2D eigenvalue weighted by molar-refractivity contribution is 5.73. The molecule has 7 N–H and O–H groups in total. The highest BCUT2D eigenvalue weighted by Crippen LogP contribution is 2.29. The van der Waals surface area contributed by atoms with Crippen LogP contribution in [-0.2, 0) is 28.5 Å². The van der Waals surface area contributed by atoms with E-state index in [0.29, 0.717) is 0 Å². The lowest BCUT2D eigenvalue weighted by molar-refractivity contribution is -0.329. The molecule has 30 heavy (non-hydrogen) atoms. The Balaban J connectivity index is 2.28. The van der Waals surface area contributed by atoms with Gasteiger partial charge >= 0.3 is 0 Å². The van der Waals surface area contributed by atoms with Gasteiger partial charge in [-0.2, -0.15) is 0 Å². The third kappa shape index (κ3) is 5.43. The van der Waals surface area contributed by atoms with E-state index in [-0.39, 0.29) is 0 Å². The van der Waals surface area contributed by atoms with Crippen LogP contribution in [0.1, 0.15) is 13.8 Å². The van der Waals surface area contributed by atoms with Gasteiger partial charge in [0.15, 0.2) is 12.6 Å². The van der Waals surface area contributed by atoms with Crippen molar-refractivity contribution in [3.8, 4) is 0 Å². The summed E-state index contributed by atoms with van der Waals surface area (Å²) in [4.78, 5) is 23.0. The minimum Gasteiger partial charge on any atom is -0.394 e. The van der Waals surface area contributed by atoms with E-state index in [1.54, 1.807) is 0 Å². The highest BCUT2D eigenvalue weighted by Gasteiger charge is 2.51. The number of hydrogen-bond acceptors (Lipinski definition) is 11. The molecule has 2 aliphatic heterocycles. The Hall–Kier alpha value is -1.42. The van der Waals surface area contributed by atoms with Gasteiger partial charge in [0.05, 0.1) is 13.2 Å². The number of rotatable bonds is 7. The monoisotopic (exact) mass is 438 g/mol. The Kier molecular flexibility index (Phi) is 8.90. The van der Waals surface area contributed by atoms with Gasteiger partial charge < -0.3 is 55.1 Å². The maximum absolute atomic E-state index is 11.6. The topological polar surface area (TPSA) is 196 Å². The Morgan fingerprint density at radius 3 is 1.87 bits per heavy atom. The molecule has 5 unspecified atom stereocenters. The van der Waals surface area contributed by atoms with Gasteiger partial charge in [0.2, 0.25) is 11.8 Å². The number of amides is 2. The third-order valence-electron chi connectivity index (χ3n) is 5.03. The zero-order chi connectivity index (χ0) is 22.6. The zero-order valence-electron chi connectivity index (χ0n) is 16.9. The molecule has 2 heterocycles. The largest absolute Gasteiger partial charge is 0.394 e. The predicted octanol–water partition coefficient (Wildman–Crippen LogP) is -4.46. The van der Waals surface area contributed by atoms with Crippen LogP contribution in [0, 0.1) is 0 Å². The first-order chi connectivity index (χ1) is 14.1. The molecule has 0 bridgehead atoms. The molecular weight excluding hydrogens is 408 g/mol. The van der Waals surface area contributed by atoms with Crippen molar-refractivity contribution in [1.29, 1.82) is 0 Å². The molecule has 10 atom stereocenters. The van der Waals surface area contributed by atoms with Crippen molar-refractivity contribution >= 4 is 11.8 Å². The average Bonchev–Trinajstić information content (AvgIpc) is 2.68. The molecule has 2 rings (SSSR count). The summed E-state index contributed by atoms with van der Waals surface area (Å²) in [6, 6.07) is -2.43. The summed E-state index contributed by atoms with van der Waals surface area (Å²) in [6.45, 7) is 1.19.